The highest BCUT2D eigenvalue weighted by atomic mass is 16.8. The fourth-order valence-electron chi connectivity index (χ4n) is 5.76. The lowest BCUT2D eigenvalue weighted by atomic mass is 9.82. The average molecular weight is 561 g/mol. The molecule has 10 nitrogen and oxygen atoms in total. The predicted octanol–water partition coefficient (Wildman–Crippen LogP) is 3.85. The van der Waals surface area contributed by atoms with Crippen LogP contribution in [0.25, 0.3) is 5.76 Å². The van der Waals surface area contributed by atoms with E-state index in [4.69, 9.17) is 38.9 Å². The number of allylic oxidation sites excluding steroid dienone is 1. The van der Waals surface area contributed by atoms with Gasteiger partial charge in [-0.25, -0.2) is 4.79 Å². The van der Waals surface area contributed by atoms with Crippen LogP contribution in [0.4, 0.5) is 0 Å². The van der Waals surface area contributed by atoms with Gasteiger partial charge < -0.3 is 38.9 Å². The van der Waals surface area contributed by atoms with E-state index in [1.807, 2.05) is 60.7 Å². The number of benzene rings is 2. The SMILES string of the molecule is CC1(C)OCC([C@@H]2O[C@@H]3OC(C)(C)O[C@@H]3[C@H]2OC(=O)C2=C(N)OC(c3ccccc3)=C(C#N)[C@@H]2c2ccccc2)O1. The van der Waals surface area contributed by atoms with E-state index in [2.05, 4.69) is 6.07 Å². The molecule has 10 heteroatoms. The van der Waals surface area contributed by atoms with Crippen LogP contribution < -0.4 is 5.73 Å². The number of fused-ring (bicyclic) bond motifs is 1. The van der Waals surface area contributed by atoms with Crippen molar-refractivity contribution in [2.24, 2.45) is 5.73 Å². The summed E-state index contributed by atoms with van der Waals surface area (Å²) in [6, 6.07) is 20.6. The topological polar surface area (TPSA) is 131 Å². The molecule has 0 aliphatic carbocycles. The Morgan fingerprint density at radius 1 is 0.951 bits per heavy atom. The first-order valence-electron chi connectivity index (χ1n) is 13.5. The Morgan fingerprint density at radius 3 is 2.27 bits per heavy atom. The van der Waals surface area contributed by atoms with Crippen molar-refractivity contribution in [3.8, 4) is 6.07 Å². The van der Waals surface area contributed by atoms with E-state index >= 15 is 0 Å². The second kappa shape index (κ2) is 10.3. The van der Waals surface area contributed by atoms with Gasteiger partial charge in [-0.2, -0.15) is 5.26 Å². The lowest BCUT2D eigenvalue weighted by Crippen LogP contribution is -2.45. The van der Waals surface area contributed by atoms with E-state index in [0.717, 1.165) is 0 Å². The number of nitrogens with zero attached hydrogens (tertiary/aromatic N) is 1. The summed E-state index contributed by atoms with van der Waals surface area (Å²) in [6.45, 7) is 7.36. The Labute approximate surface area is 238 Å². The molecule has 1 unspecified atom stereocenters. The van der Waals surface area contributed by atoms with Crippen LogP contribution in [0, 0.1) is 11.3 Å². The maximum atomic E-state index is 14.1. The molecule has 4 aliphatic rings. The summed E-state index contributed by atoms with van der Waals surface area (Å²) in [5.41, 5.74) is 8.04. The summed E-state index contributed by atoms with van der Waals surface area (Å²) < 4.78 is 42.2. The molecule has 2 N–H and O–H groups in total. The minimum absolute atomic E-state index is 0.0109. The lowest BCUT2D eigenvalue weighted by molar-refractivity contribution is -0.235. The Balaban J connectivity index is 1.37. The zero-order valence-corrected chi connectivity index (χ0v) is 23.2. The van der Waals surface area contributed by atoms with Gasteiger partial charge in [0, 0.05) is 5.56 Å². The number of carbonyl (C=O) groups excluding carboxylic acids is 1. The third-order valence-corrected chi connectivity index (χ3v) is 7.48. The van der Waals surface area contributed by atoms with Crippen LogP contribution in [0.5, 0.6) is 0 Å². The van der Waals surface area contributed by atoms with E-state index in [1.54, 1.807) is 27.7 Å². The highest BCUT2D eigenvalue weighted by Crippen LogP contribution is 2.45. The van der Waals surface area contributed by atoms with Gasteiger partial charge in [0.2, 0.25) is 5.88 Å². The number of nitriles is 1. The van der Waals surface area contributed by atoms with Crippen LogP contribution in [0.3, 0.4) is 0 Å². The van der Waals surface area contributed by atoms with Gasteiger partial charge in [0.1, 0.15) is 17.8 Å². The highest BCUT2D eigenvalue weighted by Gasteiger charge is 2.60. The molecule has 0 spiro atoms. The fraction of sp³-hybridized carbons (Fsp3) is 0.419. The number of rotatable bonds is 5. The number of ether oxygens (including phenoxy) is 7. The van der Waals surface area contributed by atoms with Crippen LogP contribution in [0.2, 0.25) is 0 Å². The van der Waals surface area contributed by atoms with Crippen molar-refractivity contribution in [1.29, 1.82) is 5.26 Å². The molecule has 41 heavy (non-hydrogen) atoms. The number of carbonyl (C=O) groups is 1. The van der Waals surface area contributed by atoms with E-state index in [0.29, 0.717) is 11.1 Å². The van der Waals surface area contributed by atoms with E-state index < -0.39 is 54.2 Å². The van der Waals surface area contributed by atoms with Gasteiger partial charge in [0.05, 0.1) is 24.2 Å². The fourth-order valence-corrected chi connectivity index (χ4v) is 5.76. The lowest BCUT2D eigenvalue weighted by Gasteiger charge is -2.31. The molecule has 6 atom stereocenters. The van der Waals surface area contributed by atoms with Gasteiger partial charge in [-0.05, 0) is 33.3 Å². The first kappa shape index (κ1) is 27.4. The van der Waals surface area contributed by atoms with E-state index in [-0.39, 0.29) is 29.4 Å². The van der Waals surface area contributed by atoms with E-state index in [1.165, 1.54) is 0 Å². The molecule has 6 rings (SSSR count). The second-order valence-corrected chi connectivity index (χ2v) is 11.3. The molecular formula is C31H32N2O8. The van der Waals surface area contributed by atoms with Gasteiger partial charge in [0.25, 0.3) is 0 Å². The average Bonchev–Trinajstić information content (AvgIpc) is 3.57. The molecule has 2 aromatic rings. The van der Waals surface area contributed by atoms with Crippen LogP contribution >= 0.6 is 0 Å². The first-order valence-corrected chi connectivity index (χ1v) is 13.5. The maximum absolute atomic E-state index is 14.1. The molecule has 4 aliphatic heterocycles. The molecule has 3 fully saturated rings. The number of hydrogen-bond donors (Lipinski definition) is 1. The smallest absolute Gasteiger partial charge is 0.340 e. The third kappa shape index (κ3) is 5.12. The number of nitrogens with two attached hydrogens (primary N) is 1. The van der Waals surface area contributed by atoms with Crippen LogP contribution in [0.1, 0.15) is 44.7 Å². The third-order valence-electron chi connectivity index (χ3n) is 7.48. The van der Waals surface area contributed by atoms with Crippen molar-refractivity contribution in [2.75, 3.05) is 6.61 Å². The Morgan fingerprint density at radius 2 is 1.63 bits per heavy atom. The summed E-state index contributed by atoms with van der Waals surface area (Å²) >= 11 is 0. The summed E-state index contributed by atoms with van der Waals surface area (Å²) in [6.07, 6.45) is -3.70. The summed E-state index contributed by atoms with van der Waals surface area (Å²) in [7, 11) is 0. The van der Waals surface area contributed by atoms with Gasteiger partial charge in [0.15, 0.2) is 35.8 Å². The van der Waals surface area contributed by atoms with Crippen molar-refractivity contribution >= 4 is 11.7 Å². The predicted molar refractivity (Wildman–Crippen MR) is 144 cm³/mol. The maximum Gasteiger partial charge on any atom is 0.340 e. The molecule has 2 aromatic carbocycles. The molecule has 0 aromatic heterocycles. The molecule has 0 radical (unpaired) electrons. The van der Waals surface area contributed by atoms with Crippen LogP contribution in [-0.2, 0) is 38.0 Å². The van der Waals surface area contributed by atoms with Crippen molar-refractivity contribution in [3.63, 3.8) is 0 Å². The van der Waals surface area contributed by atoms with Crippen LogP contribution in [-0.4, -0.2) is 54.9 Å². The Hall–Kier alpha value is -3.72. The zero-order valence-electron chi connectivity index (χ0n) is 23.2. The van der Waals surface area contributed by atoms with E-state index in [9.17, 15) is 10.1 Å². The quantitative estimate of drug-likeness (QED) is 0.538. The standard InChI is InChI=1S/C31H32N2O8/c1-30(2)35-16-20(39-30)24-25(26-29(38-24)41-31(3,4)40-26)37-28(34)22-21(17-11-7-5-8-12-17)19(15-32)23(36-27(22)33)18-13-9-6-10-14-18/h5-14,20-21,24-26,29H,16,33H2,1-4H3/t20?,21-,24-,25-,26+,29+/m0/s1. The number of hydrogen-bond acceptors (Lipinski definition) is 10. The van der Waals surface area contributed by atoms with Crippen molar-refractivity contribution in [3.05, 3.63) is 88.8 Å². The zero-order chi connectivity index (χ0) is 28.9. The highest BCUT2D eigenvalue weighted by molar-refractivity contribution is 5.94. The van der Waals surface area contributed by atoms with Crippen molar-refractivity contribution in [2.45, 2.75) is 75.9 Å². The summed E-state index contributed by atoms with van der Waals surface area (Å²) in [4.78, 5) is 14.1. The largest absolute Gasteiger partial charge is 0.453 e. The molecule has 4 heterocycles. The molecular weight excluding hydrogens is 528 g/mol. The molecule has 0 saturated carbocycles. The van der Waals surface area contributed by atoms with Gasteiger partial charge >= 0.3 is 5.97 Å². The molecule has 214 valence electrons. The van der Waals surface area contributed by atoms with Crippen molar-refractivity contribution in [1.82, 2.24) is 0 Å². The number of esters is 1. The molecule has 0 amide bonds. The van der Waals surface area contributed by atoms with Crippen molar-refractivity contribution < 1.29 is 38.0 Å². The molecule has 0 bridgehead atoms. The Bertz CT molecular complexity index is 1430. The van der Waals surface area contributed by atoms with Gasteiger partial charge in [-0.15, -0.1) is 0 Å². The van der Waals surface area contributed by atoms with Crippen LogP contribution in [0.15, 0.2) is 77.7 Å². The van der Waals surface area contributed by atoms with Gasteiger partial charge in [-0.1, -0.05) is 60.7 Å². The minimum atomic E-state index is -0.947. The minimum Gasteiger partial charge on any atom is -0.453 e. The molecule has 3 saturated heterocycles. The monoisotopic (exact) mass is 560 g/mol. The normalized spacial score (nSPS) is 31.9. The van der Waals surface area contributed by atoms with Gasteiger partial charge in [-0.3, -0.25) is 0 Å². The first-order chi connectivity index (χ1) is 19.6. The Kier molecular flexibility index (Phi) is 6.88. The summed E-state index contributed by atoms with van der Waals surface area (Å²) in [5.74, 6) is -3.24. The second-order valence-electron chi connectivity index (χ2n) is 11.3. The summed E-state index contributed by atoms with van der Waals surface area (Å²) in [5, 5.41) is 10.3.